The molecular weight excluding hydrogens is 426 g/mol. The predicted molar refractivity (Wildman–Crippen MR) is 95.5 cm³/mol. The van der Waals surface area contributed by atoms with Gasteiger partial charge < -0.3 is 5.32 Å². The average Bonchev–Trinajstić information content (AvgIpc) is 2.88. The number of halogens is 2. The molecule has 0 unspecified atom stereocenters. The van der Waals surface area contributed by atoms with Crippen LogP contribution < -0.4 is 11.0 Å². The Morgan fingerprint density at radius 3 is 2.88 bits per heavy atom. The molecule has 8 heteroatoms. The Morgan fingerprint density at radius 2 is 2.12 bits per heavy atom. The van der Waals surface area contributed by atoms with Gasteiger partial charge in [0, 0.05) is 22.9 Å². The second-order valence-electron chi connectivity index (χ2n) is 5.17. The van der Waals surface area contributed by atoms with E-state index in [1.54, 1.807) is 18.3 Å². The van der Waals surface area contributed by atoms with Crippen LogP contribution in [0.5, 0.6) is 0 Å². The number of nitrogens with one attached hydrogen (secondary N) is 1. The predicted octanol–water partition coefficient (Wildman–Crippen LogP) is 2.06. The summed E-state index contributed by atoms with van der Waals surface area (Å²) in [5.41, 5.74) is 0.819. The number of carbonyl (C=O) groups is 1. The summed E-state index contributed by atoms with van der Waals surface area (Å²) in [6.45, 7) is 0.800. The number of amides is 1. The third-order valence-corrected chi connectivity index (χ3v) is 4.39. The van der Waals surface area contributed by atoms with Crippen LogP contribution in [0.3, 0.4) is 0 Å². The Kier molecular flexibility index (Phi) is 4.93. The molecule has 0 aliphatic rings. The maximum atomic E-state index is 13.1. The summed E-state index contributed by atoms with van der Waals surface area (Å²) in [5, 5.41) is 6.99. The van der Waals surface area contributed by atoms with Crippen molar-refractivity contribution in [3.05, 3.63) is 68.0 Å². The largest absolute Gasteiger partial charge is 0.352 e. The molecule has 1 N–H and O–H groups in total. The van der Waals surface area contributed by atoms with Gasteiger partial charge in [0.2, 0.25) is 0 Å². The van der Waals surface area contributed by atoms with Crippen molar-refractivity contribution in [3.63, 3.8) is 0 Å². The van der Waals surface area contributed by atoms with Gasteiger partial charge in [-0.3, -0.25) is 9.20 Å². The zero-order valence-electron chi connectivity index (χ0n) is 12.6. The minimum absolute atomic E-state index is 0.204. The standard InChI is InChI=1S/C16H14FIN4O2/c17-11-5-6-12(13(18)10-11)15(23)19-7-3-9-22-16(24)21-8-2-1-4-14(21)20-22/h1-2,4-6,8,10H,3,7,9H2,(H,19,23). The molecule has 6 nitrogen and oxygen atoms in total. The first kappa shape index (κ1) is 16.6. The topological polar surface area (TPSA) is 68.4 Å². The van der Waals surface area contributed by atoms with Crippen molar-refractivity contribution in [3.8, 4) is 0 Å². The normalized spacial score (nSPS) is 10.9. The first-order valence-electron chi connectivity index (χ1n) is 7.34. The molecule has 0 aliphatic heterocycles. The molecule has 0 spiro atoms. The average molecular weight is 440 g/mol. The Bertz CT molecular complexity index is 951. The Labute approximate surface area is 150 Å². The van der Waals surface area contributed by atoms with Gasteiger partial charge in [-0.15, -0.1) is 5.10 Å². The second kappa shape index (κ2) is 7.12. The van der Waals surface area contributed by atoms with Gasteiger partial charge in [-0.2, -0.15) is 0 Å². The van der Waals surface area contributed by atoms with Crippen molar-refractivity contribution in [2.75, 3.05) is 6.54 Å². The Balaban J connectivity index is 1.57. The van der Waals surface area contributed by atoms with Crippen LogP contribution in [0.1, 0.15) is 16.8 Å². The number of nitrogens with zero attached hydrogens (tertiary/aromatic N) is 3. The summed E-state index contributed by atoms with van der Waals surface area (Å²) in [5.74, 6) is -0.635. The van der Waals surface area contributed by atoms with Gasteiger partial charge in [-0.05, 0) is 59.3 Å². The molecule has 0 bridgehead atoms. The van der Waals surface area contributed by atoms with Crippen LogP contribution in [0, 0.1) is 9.39 Å². The first-order valence-corrected chi connectivity index (χ1v) is 8.41. The number of fused-ring (bicyclic) bond motifs is 1. The Hall–Kier alpha value is -2.23. The van der Waals surface area contributed by atoms with E-state index in [-0.39, 0.29) is 17.4 Å². The van der Waals surface area contributed by atoms with Crippen molar-refractivity contribution in [1.29, 1.82) is 0 Å². The zero-order valence-corrected chi connectivity index (χ0v) is 14.7. The first-order chi connectivity index (χ1) is 11.6. The molecule has 2 aromatic heterocycles. The highest BCUT2D eigenvalue weighted by Crippen LogP contribution is 2.13. The van der Waals surface area contributed by atoms with E-state index in [0.29, 0.717) is 34.3 Å². The minimum Gasteiger partial charge on any atom is -0.352 e. The van der Waals surface area contributed by atoms with Gasteiger partial charge in [0.05, 0.1) is 5.56 Å². The number of benzene rings is 1. The lowest BCUT2D eigenvalue weighted by molar-refractivity contribution is 0.0951. The second-order valence-corrected chi connectivity index (χ2v) is 6.33. The summed E-state index contributed by atoms with van der Waals surface area (Å²) in [4.78, 5) is 24.2. The van der Waals surface area contributed by atoms with Gasteiger partial charge in [-0.25, -0.2) is 13.9 Å². The minimum atomic E-state index is -0.373. The molecule has 0 fully saturated rings. The Morgan fingerprint density at radius 1 is 1.29 bits per heavy atom. The monoisotopic (exact) mass is 440 g/mol. The maximum absolute atomic E-state index is 13.1. The van der Waals surface area contributed by atoms with Crippen molar-refractivity contribution in [1.82, 2.24) is 19.5 Å². The highest BCUT2D eigenvalue weighted by Gasteiger charge is 2.10. The van der Waals surface area contributed by atoms with E-state index < -0.39 is 0 Å². The van der Waals surface area contributed by atoms with Gasteiger partial charge in [0.1, 0.15) is 5.82 Å². The number of pyridine rings is 1. The number of aryl methyl sites for hydroxylation is 1. The molecule has 24 heavy (non-hydrogen) atoms. The van der Waals surface area contributed by atoms with Crippen LogP contribution in [0.4, 0.5) is 4.39 Å². The van der Waals surface area contributed by atoms with Gasteiger partial charge in [0.15, 0.2) is 5.65 Å². The lowest BCUT2D eigenvalue weighted by atomic mass is 10.2. The fraction of sp³-hybridized carbons (Fsp3) is 0.188. The highest BCUT2D eigenvalue weighted by molar-refractivity contribution is 14.1. The van der Waals surface area contributed by atoms with E-state index in [2.05, 4.69) is 10.4 Å². The third kappa shape index (κ3) is 3.48. The van der Waals surface area contributed by atoms with Gasteiger partial charge in [-0.1, -0.05) is 6.07 Å². The molecule has 0 saturated carbocycles. The molecular formula is C16H14FIN4O2. The van der Waals surface area contributed by atoms with Crippen LogP contribution in [0.2, 0.25) is 0 Å². The summed E-state index contributed by atoms with van der Waals surface area (Å²) >= 11 is 1.92. The molecule has 0 saturated heterocycles. The molecule has 1 amide bonds. The molecule has 124 valence electrons. The fourth-order valence-corrected chi connectivity index (χ4v) is 3.04. The van der Waals surface area contributed by atoms with Crippen LogP contribution in [0.25, 0.3) is 5.65 Å². The number of carbonyl (C=O) groups excluding carboxylic acids is 1. The molecule has 1 aromatic carbocycles. The van der Waals surface area contributed by atoms with E-state index in [0.717, 1.165) is 0 Å². The van der Waals surface area contributed by atoms with E-state index >= 15 is 0 Å². The summed E-state index contributed by atoms with van der Waals surface area (Å²) < 4.78 is 16.5. The molecule has 2 heterocycles. The number of aromatic nitrogens is 3. The highest BCUT2D eigenvalue weighted by atomic mass is 127. The van der Waals surface area contributed by atoms with Crippen molar-refractivity contribution in [2.45, 2.75) is 13.0 Å². The molecule has 0 aliphatic carbocycles. The lowest BCUT2D eigenvalue weighted by Gasteiger charge is -2.06. The van der Waals surface area contributed by atoms with E-state index in [1.807, 2.05) is 28.7 Å². The quantitative estimate of drug-likeness (QED) is 0.488. The van der Waals surface area contributed by atoms with Crippen LogP contribution in [-0.2, 0) is 6.54 Å². The zero-order chi connectivity index (χ0) is 17.1. The van der Waals surface area contributed by atoms with Crippen LogP contribution in [-0.4, -0.2) is 26.6 Å². The van der Waals surface area contributed by atoms with Gasteiger partial charge in [0.25, 0.3) is 5.91 Å². The van der Waals surface area contributed by atoms with E-state index in [9.17, 15) is 14.0 Å². The fourth-order valence-electron chi connectivity index (χ4n) is 2.31. The summed E-state index contributed by atoms with van der Waals surface area (Å²) in [6, 6.07) is 9.37. The lowest BCUT2D eigenvalue weighted by Crippen LogP contribution is -2.28. The summed E-state index contributed by atoms with van der Waals surface area (Å²) in [7, 11) is 0. The molecule has 0 radical (unpaired) electrons. The van der Waals surface area contributed by atoms with Crippen LogP contribution >= 0.6 is 22.6 Å². The molecule has 0 atom stereocenters. The van der Waals surface area contributed by atoms with Crippen molar-refractivity contribution >= 4 is 34.1 Å². The summed E-state index contributed by atoms with van der Waals surface area (Å²) in [6.07, 6.45) is 2.23. The third-order valence-electron chi connectivity index (χ3n) is 3.50. The SMILES string of the molecule is O=C(NCCCn1nc2ccccn2c1=O)c1ccc(F)cc1I. The maximum Gasteiger partial charge on any atom is 0.350 e. The smallest absolute Gasteiger partial charge is 0.350 e. The van der Waals surface area contributed by atoms with E-state index in [1.165, 1.54) is 27.3 Å². The van der Waals surface area contributed by atoms with Crippen LogP contribution in [0.15, 0.2) is 47.4 Å². The molecule has 3 rings (SSSR count). The molecule has 3 aromatic rings. The van der Waals surface area contributed by atoms with Gasteiger partial charge >= 0.3 is 5.69 Å². The van der Waals surface area contributed by atoms with Crippen molar-refractivity contribution < 1.29 is 9.18 Å². The van der Waals surface area contributed by atoms with E-state index in [4.69, 9.17) is 0 Å². The van der Waals surface area contributed by atoms with Crippen molar-refractivity contribution in [2.24, 2.45) is 0 Å². The number of rotatable bonds is 5. The number of hydrogen-bond donors (Lipinski definition) is 1. The number of hydrogen-bond acceptors (Lipinski definition) is 3.